The molecule has 3 heterocycles. The van der Waals surface area contributed by atoms with Crippen LogP contribution in [-0.2, 0) is 4.74 Å². The number of nitrogens with one attached hydrogen (secondary N) is 1. The van der Waals surface area contributed by atoms with Crippen LogP contribution in [0.15, 0.2) is 4.99 Å². The summed E-state index contributed by atoms with van der Waals surface area (Å²) in [5, 5.41) is 3.81. The molecule has 4 fully saturated rings. The molecule has 1 saturated carbocycles. The predicted molar refractivity (Wildman–Crippen MR) is 117 cm³/mol. The van der Waals surface area contributed by atoms with Gasteiger partial charge in [0.2, 0.25) is 0 Å². The minimum absolute atomic E-state index is 0. The maximum absolute atomic E-state index is 5.94. The Kier molecular flexibility index (Phi) is 6.76. The lowest BCUT2D eigenvalue weighted by Crippen LogP contribution is -2.68. The summed E-state index contributed by atoms with van der Waals surface area (Å²) in [6, 6.07) is 0.500. The number of fused-ring (bicyclic) bond motifs is 1. The molecule has 4 aliphatic rings. The largest absolute Gasteiger partial charge is 0.377 e. The fourth-order valence-electron chi connectivity index (χ4n) is 5.73. The van der Waals surface area contributed by atoms with Crippen molar-refractivity contribution in [3.8, 4) is 0 Å². The van der Waals surface area contributed by atoms with Crippen molar-refractivity contribution in [1.82, 2.24) is 15.1 Å². The lowest BCUT2D eigenvalue weighted by molar-refractivity contribution is -0.107. The lowest BCUT2D eigenvalue weighted by atomic mass is 9.57. The Bertz CT molecular complexity index is 506. The van der Waals surface area contributed by atoms with E-state index in [1.165, 1.54) is 51.7 Å². The smallest absolute Gasteiger partial charge is 0.193 e. The number of piperidine rings is 1. The van der Waals surface area contributed by atoms with Crippen LogP contribution in [0.4, 0.5) is 0 Å². The van der Waals surface area contributed by atoms with E-state index in [-0.39, 0.29) is 29.4 Å². The molecule has 3 aliphatic heterocycles. The molecular weight excluding hydrogens is 439 g/mol. The van der Waals surface area contributed by atoms with Crippen LogP contribution < -0.4 is 5.32 Å². The van der Waals surface area contributed by atoms with Gasteiger partial charge in [0.05, 0.1) is 6.10 Å². The zero-order valence-corrected chi connectivity index (χ0v) is 19.1. The van der Waals surface area contributed by atoms with E-state index in [0.29, 0.717) is 18.1 Å². The quantitative estimate of drug-likeness (QED) is 0.387. The summed E-state index contributed by atoms with van der Waals surface area (Å²) in [6.07, 6.45) is 7.14. The molecule has 1 aliphatic carbocycles. The van der Waals surface area contributed by atoms with Crippen molar-refractivity contribution in [2.75, 3.05) is 46.4 Å². The zero-order chi connectivity index (χ0) is 17.4. The predicted octanol–water partition coefficient (Wildman–Crippen LogP) is 2.80. The number of rotatable bonds is 3. The first-order chi connectivity index (χ1) is 12.1. The molecule has 3 saturated heterocycles. The van der Waals surface area contributed by atoms with Crippen LogP contribution in [0.1, 0.15) is 46.0 Å². The molecule has 0 radical (unpaired) electrons. The lowest BCUT2D eigenvalue weighted by Gasteiger charge is -2.55. The van der Waals surface area contributed by atoms with E-state index in [2.05, 4.69) is 34.0 Å². The Labute approximate surface area is 176 Å². The molecule has 5 nitrogen and oxygen atoms in total. The summed E-state index contributed by atoms with van der Waals surface area (Å²) in [5.74, 6) is 2.58. The number of hydrogen-bond donors (Lipinski definition) is 1. The second-order valence-corrected chi connectivity index (χ2v) is 9.20. The third-order valence-electron chi connectivity index (χ3n) is 7.15. The SMILES string of the molecule is CN=C(NC1C2CCOC2C1(C)C)N1CCC(CN2CCCCC2)C1.I. The van der Waals surface area contributed by atoms with Gasteiger partial charge in [-0.25, -0.2) is 0 Å². The van der Waals surface area contributed by atoms with Gasteiger partial charge in [-0.1, -0.05) is 20.3 Å². The summed E-state index contributed by atoms with van der Waals surface area (Å²) < 4.78 is 5.94. The Morgan fingerprint density at radius 3 is 2.65 bits per heavy atom. The van der Waals surface area contributed by atoms with Gasteiger partial charge in [0.25, 0.3) is 0 Å². The highest BCUT2D eigenvalue weighted by atomic mass is 127. The maximum atomic E-state index is 5.94. The third kappa shape index (κ3) is 3.88. The third-order valence-corrected chi connectivity index (χ3v) is 7.15. The van der Waals surface area contributed by atoms with E-state index in [4.69, 9.17) is 4.74 Å². The Morgan fingerprint density at radius 2 is 1.92 bits per heavy atom. The molecule has 26 heavy (non-hydrogen) atoms. The molecule has 0 amide bonds. The number of likely N-dealkylation sites (tertiary alicyclic amines) is 2. The molecule has 0 aromatic heterocycles. The van der Waals surface area contributed by atoms with E-state index >= 15 is 0 Å². The van der Waals surface area contributed by atoms with Crippen LogP contribution in [0.25, 0.3) is 0 Å². The van der Waals surface area contributed by atoms with Crippen molar-refractivity contribution in [3.63, 3.8) is 0 Å². The van der Waals surface area contributed by atoms with E-state index in [1.54, 1.807) is 0 Å². The van der Waals surface area contributed by atoms with E-state index in [1.807, 2.05) is 7.05 Å². The van der Waals surface area contributed by atoms with Gasteiger partial charge in [-0.3, -0.25) is 4.99 Å². The fourth-order valence-corrected chi connectivity index (χ4v) is 5.73. The minimum Gasteiger partial charge on any atom is -0.377 e. The van der Waals surface area contributed by atoms with Gasteiger partial charge >= 0.3 is 0 Å². The van der Waals surface area contributed by atoms with Gasteiger partial charge in [-0.15, -0.1) is 24.0 Å². The highest BCUT2D eigenvalue weighted by Gasteiger charge is 2.59. The Hall–Kier alpha value is -0.0800. The number of halogens is 1. The molecule has 0 bridgehead atoms. The zero-order valence-electron chi connectivity index (χ0n) is 16.7. The molecule has 150 valence electrons. The van der Waals surface area contributed by atoms with Crippen molar-refractivity contribution in [1.29, 1.82) is 0 Å². The van der Waals surface area contributed by atoms with Crippen molar-refractivity contribution >= 4 is 29.9 Å². The second kappa shape index (κ2) is 8.52. The summed E-state index contributed by atoms with van der Waals surface area (Å²) >= 11 is 0. The average molecular weight is 476 g/mol. The molecule has 0 aromatic rings. The molecule has 4 unspecified atom stereocenters. The van der Waals surface area contributed by atoms with Crippen LogP contribution in [0, 0.1) is 17.3 Å². The van der Waals surface area contributed by atoms with Gasteiger partial charge in [0, 0.05) is 50.7 Å². The van der Waals surface area contributed by atoms with Gasteiger partial charge < -0.3 is 19.9 Å². The van der Waals surface area contributed by atoms with Gasteiger partial charge in [-0.2, -0.15) is 0 Å². The van der Waals surface area contributed by atoms with Crippen molar-refractivity contribution in [3.05, 3.63) is 0 Å². The summed E-state index contributed by atoms with van der Waals surface area (Å²) in [7, 11) is 1.94. The minimum atomic E-state index is 0. The molecule has 6 heteroatoms. The van der Waals surface area contributed by atoms with Crippen LogP contribution >= 0.6 is 24.0 Å². The standard InChI is InChI=1S/C20H36N4O.HI/c1-20(2)17(16-8-12-25-18(16)20)22-19(21-3)24-11-7-15(14-24)13-23-9-5-4-6-10-23;/h15-18H,4-14H2,1-3H3,(H,21,22);1H. The first-order valence-electron chi connectivity index (χ1n) is 10.4. The van der Waals surface area contributed by atoms with Gasteiger partial charge in [0.1, 0.15) is 0 Å². The Morgan fingerprint density at radius 1 is 1.15 bits per heavy atom. The van der Waals surface area contributed by atoms with E-state index < -0.39 is 0 Å². The molecule has 0 spiro atoms. The summed E-state index contributed by atoms with van der Waals surface area (Å²) in [6.45, 7) is 11.8. The summed E-state index contributed by atoms with van der Waals surface area (Å²) in [5.41, 5.74) is 0.212. The van der Waals surface area contributed by atoms with Crippen LogP contribution in [-0.4, -0.2) is 74.3 Å². The molecule has 4 atom stereocenters. The highest BCUT2D eigenvalue weighted by molar-refractivity contribution is 14.0. The normalized spacial score (nSPS) is 37.0. The van der Waals surface area contributed by atoms with E-state index in [9.17, 15) is 0 Å². The number of nitrogens with zero attached hydrogens (tertiary/aromatic N) is 3. The van der Waals surface area contributed by atoms with Crippen molar-refractivity contribution < 1.29 is 4.74 Å². The number of aliphatic imine (C=N–C) groups is 1. The van der Waals surface area contributed by atoms with Crippen molar-refractivity contribution in [2.45, 2.75) is 58.1 Å². The van der Waals surface area contributed by atoms with E-state index in [0.717, 1.165) is 31.6 Å². The first kappa shape index (κ1) is 20.6. The number of hydrogen-bond acceptors (Lipinski definition) is 3. The van der Waals surface area contributed by atoms with Gasteiger partial charge in [-0.05, 0) is 44.7 Å². The first-order valence-corrected chi connectivity index (χ1v) is 10.4. The number of guanidine groups is 1. The van der Waals surface area contributed by atoms with Crippen LogP contribution in [0.3, 0.4) is 0 Å². The Balaban J connectivity index is 0.00000196. The highest BCUT2D eigenvalue weighted by Crippen LogP contribution is 2.52. The van der Waals surface area contributed by atoms with Gasteiger partial charge in [0.15, 0.2) is 5.96 Å². The second-order valence-electron chi connectivity index (χ2n) is 9.20. The van der Waals surface area contributed by atoms with Crippen LogP contribution in [0.5, 0.6) is 0 Å². The number of ether oxygens (including phenoxy) is 1. The monoisotopic (exact) mass is 476 g/mol. The topological polar surface area (TPSA) is 40.1 Å². The fraction of sp³-hybridized carbons (Fsp3) is 0.950. The molecule has 1 N–H and O–H groups in total. The average Bonchev–Trinajstić information content (AvgIpc) is 3.25. The summed E-state index contributed by atoms with van der Waals surface area (Å²) in [4.78, 5) is 9.81. The van der Waals surface area contributed by atoms with Crippen LogP contribution in [0.2, 0.25) is 0 Å². The molecule has 4 rings (SSSR count). The maximum Gasteiger partial charge on any atom is 0.193 e. The molecular formula is C20H37IN4O. The molecule has 0 aromatic carbocycles. The van der Waals surface area contributed by atoms with Crippen molar-refractivity contribution in [2.24, 2.45) is 22.2 Å².